The fourth-order valence-electron chi connectivity index (χ4n) is 1.91. The number of aryl methyl sites for hydroxylation is 1. The van der Waals surface area contributed by atoms with Crippen LogP contribution in [-0.2, 0) is 20.9 Å². The molecular formula is C21H28O3. The number of hydrogen-bond donors (Lipinski definition) is 0. The molecule has 1 unspecified atom stereocenters. The fourth-order valence-corrected chi connectivity index (χ4v) is 1.91. The van der Waals surface area contributed by atoms with E-state index in [1.165, 1.54) is 5.56 Å². The first kappa shape index (κ1) is 19.9. The Kier molecular flexibility index (Phi) is 10.2. The zero-order valence-corrected chi connectivity index (χ0v) is 14.9. The van der Waals surface area contributed by atoms with Crippen LogP contribution in [0.5, 0.6) is 0 Å². The van der Waals surface area contributed by atoms with Crippen LogP contribution < -0.4 is 0 Å². The predicted octanol–water partition coefficient (Wildman–Crippen LogP) is 4.93. The Morgan fingerprint density at radius 3 is 2.08 bits per heavy atom. The van der Waals surface area contributed by atoms with Crippen LogP contribution in [0.15, 0.2) is 60.7 Å². The van der Waals surface area contributed by atoms with Gasteiger partial charge in [-0.05, 0) is 19.4 Å². The molecule has 3 nitrogen and oxygen atoms in total. The van der Waals surface area contributed by atoms with Crippen molar-refractivity contribution in [2.24, 2.45) is 0 Å². The van der Waals surface area contributed by atoms with Crippen LogP contribution in [0.1, 0.15) is 37.8 Å². The van der Waals surface area contributed by atoms with E-state index < -0.39 is 0 Å². The van der Waals surface area contributed by atoms with E-state index >= 15 is 0 Å². The Bertz CT molecular complexity index is 552. The third-order valence-corrected chi connectivity index (χ3v) is 3.34. The lowest BCUT2D eigenvalue weighted by Gasteiger charge is -2.12. The summed E-state index contributed by atoms with van der Waals surface area (Å²) in [5.74, 6) is -0.152. The third-order valence-electron chi connectivity index (χ3n) is 3.34. The summed E-state index contributed by atoms with van der Waals surface area (Å²) in [5.41, 5.74) is 2.48. The summed E-state index contributed by atoms with van der Waals surface area (Å²) in [7, 11) is 0. The van der Waals surface area contributed by atoms with Gasteiger partial charge in [0.25, 0.3) is 0 Å². The second-order valence-electron chi connectivity index (χ2n) is 5.64. The van der Waals surface area contributed by atoms with Gasteiger partial charge < -0.3 is 9.47 Å². The molecule has 0 radical (unpaired) electrons. The van der Waals surface area contributed by atoms with E-state index in [-0.39, 0.29) is 12.1 Å². The van der Waals surface area contributed by atoms with Crippen LogP contribution in [0.3, 0.4) is 0 Å². The van der Waals surface area contributed by atoms with Crippen molar-refractivity contribution in [1.82, 2.24) is 0 Å². The summed E-state index contributed by atoms with van der Waals surface area (Å²) < 4.78 is 10.6. The molecule has 0 saturated heterocycles. The van der Waals surface area contributed by atoms with Gasteiger partial charge in [0, 0.05) is 12.8 Å². The second-order valence-corrected chi connectivity index (χ2v) is 5.64. The molecule has 2 aromatic rings. The summed E-state index contributed by atoms with van der Waals surface area (Å²) in [4.78, 5) is 11.0. The topological polar surface area (TPSA) is 35.5 Å². The molecule has 0 aliphatic heterocycles. The average molecular weight is 328 g/mol. The molecule has 1 atom stereocenters. The zero-order chi connectivity index (χ0) is 17.6. The molecule has 0 heterocycles. The highest BCUT2D eigenvalue weighted by atomic mass is 16.5. The number of carbonyl (C=O) groups excluding carboxylic acids is 1. The molecule has 0 saturated carbocycles. The highest BCUT2D eigenvalue weighted by Gasteiger charge is 2.06. The lowest BCUT2D eigenvalue weighted by Crippen LogP contribution is -2.16. The number of rotatable bonds is 7. The lowest BCUT2D eigenvalue weighted by atomic mass is 10.2. The average Bonchev–Trinajstić information content (AvgIpc) is 2.61. The molecule has 3 heteroatoms. The minimum atomic E-state index is -0.152. The zero-order valence-electron chi connectivity index (χ0n) is 14.9. The van der Waals surface area contributed by atoms with Gasteiger partial charge in [0.2, 0.25) is 0 Å². The van der Waals surface area contributed by atoms with Gasteiger partial charge in [0.05, 0.1) is 13.2 Å². The van der Waals surface area contributed by atoms with Crippen LogP contribution in [-0.4, -0.2) is 18.7 Å². The van der Waals surface area contributed by atoms with Crippen LogP contribution in [0, 0.1) is 6.92 Å². The van der Waals surface area contributed by atoms with Crippen molar-refractivity contribution in [3.63, 3.8) is 0 Å². The maximum atomic E-state index is 11.0. The Hall–Kier alpha value is -2.13. The van der Waals surface area contributed by atoms with Crippen LogP contribution in [0.4, 0.5) is 0 Å². The highest BCUT2D eigenvalue weighted by Crippen LogP contribution is 2.04. The molecule has 130 valence electrons. The van der Waals surface area contributed by atoms with Crippen molar-refractivity contribution in [3.05, 3.63) is 71.8 Å². The number of hydrogen-bond acceptors (Lipinski definition) is 3. The maximum Gasteiger partial charge on any atom is 0.305 e. The van der Waals surface area contributed by atoms with E-state index in [4.69, 9.17) is 9.47 Å². The summed E-state index contributed by atoms with van der Waals surface area (Å²) in [6, 6.07) is 20.3. The molecule has 0 spiro atoms. The molecule has 0 bridgehead atoms. The van der Waals surface area contributed by atoms with Crippen molar-refractivity contribution >= 4 is 5.97 Å². The summed E-state index contributed by atoms with van der Waals surface area (Å²) in [5, 5.41) is 0. The van der Waals surface area contributed by atoms with Crippen molar-refractivity contribution in [2.45, 2.75) is 46.3 Å². The van der Waals surface area contributed by atoms with Gasteiger partial charge in [0.1, 0.15) is 6.10 Å². The normalized spacial score (nSPS) is 11.1. The first-order valence-corrected chi connectivity index (χ1v) is 8.44. The van der Waals surface area contributed by atoms with Gasteiger partial charge in [-0.2, -0.15) is 0 Å². The van der Waals surface area contributed by atoms with Gasteiger partial charge in [-0.1, -0.05) is 73.2 Å². The highest BCUT2D eigenvalue weighted by molar-refractivity contribution is 5.69. The summed E-state index contributed by atoms with van der Waals surface area (Å²) in [6.45, 7) is 6.97. The molecule has 0 aliphatic carbocycles. The molecule has 0 amide bonds. The van der Waals surface area contributed by atoms with Crippen molar-refractivity contribution in [1.29, 1.82) is 0 Å². The van der Waals surface area contributed by atoms with E-state index in [9.17, 15) is 4.79 Å². The molecule has 0 fully saturated rings. The smallest absolute Gasteiger partial charge is 0.305 e. The summed E-state index contributed by atoms with van der Waals surface area (Å²) >= 11 is 0. The number of esters is 1. The molecule has 2 aromatic carbocycles. The number of carbonyl (C=O) groups is 1. The SMILES string of the molecule is CCC(=O)OC(C)CCOCc1ccccc1.Cc1ccccc1. The quantitative estimate of drug-likeness (QED) is 0.534. The Morgan fingerprint density at radius 1 is 1.00 bits per heavy atom. The third kappa shape index (κ3) is 9.80. The van der Waals surface area contributed by atoms with Crippen LogP contribution in [0.2, 0.25) is 0 Å². The van der Waals surface area contributed by atoms with E-state index in [2.05, 4.69) is 19.1 Å². The standard InChI is InChI=1S/C14H20O3.C7H8/c1-3-14(15)17-12(2)9-10-16-11-13-7-5-4-6-8-13;1-7-5-3-2-4-6-7/h4-8,12H,3,9-11H2,1-2H3;2-6H,1H3. The Balaban J connectivity index is 0.000000341. The Morgan fingerprint density at radius 2 is 1.58 bits per heavy atom. The predicted molar refractivity (Wildman–Crippen MR) is 97.7 cm³/mol. The van der Waals surface area contributed by atoms with E-state index in [1.54, 1.807) is 6.92 Å². The minimum absolute atomic E-state index is 0.0711. The molecule has 0 aromatic heterocycles. The van der Waals surface area contributed by atoms with Gasteiger partial charge in [-0.25, -0.2) is 0 Å². The van der Waals surface area contributed by atoms with Crippen LogP contribution in [0.25, 0.3) is 0 Å². The Labute approximate surface area is 145 Å². The fraction of sp³-hybridized carbons (Fsp3) is 0.381. The van der Waals surface area contributed by atoms with E-state index in [0.717, 1.165) is 12.0 Å². The first-order valence-electron chi connectivity index (χ1n) is 8.44. The van der Waals surface area contributed by atoms with Crippen molar-refractivity contribution < 1.29 is 14.3 Å². The number of ether oxygens (including phenoxy) is 2. The van der Waals surface area contributed by atoms with Gasteiger partial charge >= 0.3 is 5.97 Å². The molecule has 0 N–H and O–H groups in total. The molecule has 24 heavy (non-hydrogen) atoms. The monoisotopic (exact) mass is 328 g/mol. The van der Waals surface area contributed by atoms with Gasteiger partial charge in [-0.3, -0.25) is 4.79 Å². The molecule has 2 rings (SSSR count). The van der Waals surface area contributed by atoms with Gasteiger partial charge in [-0.15, -0.1) is 0 Å². The van der Waals surface area contributed by atoms with Crippen molar-refractivity contribution in [2.75, 3.05) is 6.61 Å². The lowest BCUT2D eigenvalue weighted by molar-refractivity contribution is -0.148. The molecule has 0 aliphatic rings. The largest absolute Gasteiger partial charge is 0.463 e. The maximum absolute atomic E-state index is 11.0. The van der Waals surface area contributed by atoms with Crippen LogP contribution >= 0.6 is 0 Å². The van der Waals surface area contributed by atoms with E-state index in [1.807, 2.05) is 55.5 Å². The van der Waals surface area contributed by atoms with E-state index in [0.29, 0.717) is 19.6 Å². The molecular weight excluding hydrogens is 300 g/mol. The summed E-state index contributed by atoms with van der Waals surface area (Å²) in [6.07, 6.45) is 1.09. The number of benzene rings is 2. The minimum Gasteiger partial charge on any atom is -0.463 e. The van der Waals surface area contributed by atoms with Crippen molar-refractivity contribution in [3.8, 4) is 0 Å². The first-order chi connectivity index (χ1) is 11.6. The van der Waals surface area contributed by atoms with Gasteiger partial charge in [0.15, 0.2) is 0 Å². The second kappa shape index (κ2) is 12.3.